The highest BCUT2D eigenvalue weighted by Crippen LogP contribution is 2.47. The zero-order chi connectivity index (χ0) is 19.9. The van der Waals surface area contributed by atoms with Crippen LogP contribution >= 0.6 is 15.9 Å². The van der Waals surface area contributed by atoms with Crippen molar-refractivity contribution < 1.29 is 27.8 Å². The van der Waals surface area contributed by atoms with Gasteiger partial charge in [0.2, 0.25) is 0 Å². The fraction of sp³-hybridized carbons (Fsp3) is 0.400. The smallest absolute Gasteiger partial charge is 0.387 e. The molecule has 1 saturated heterocycles. The molecule has 0 bridgehead atoms. The largest absolute Gasteiger partial charge is 0.485 e. The molecule has 1 spiro atoms. The van der Waals surface area contributed by atoms with Gasteiger partial charge in [0.15, 0.2) is 11.6 Å². The molecule has 2 aliphatic rings. The molecule has 2 heterocycles. The van der Waals surface area contributed by atoms with Gasteiger partial charge in [0.1, 0.15) is 11.4 Å². The lowest BCUT2D eigenvalue weighted by atomic mass is 9.81. The van der Waals surface area contributed by atoms with Crippen LogP contribution in [0.1, 0.15) is 30.9 Å². The topological polar surface area (TPSA) is 41.9 Å². The number of aliphatic hydroxyl groups is 1. The van der Waals surface area contributed by atoms with E-state index in [1.165, 1.54) is 12.1 Å². The second kappa shape index (κ2) is 7.48. The average Bonchev–Trinajstić information content (AvgIpc) is 2.65. The summed E-state index contributed by atoms with van der Waals surface area (Å²) in [4.78, 5) is 1.98. The van der Waals surface area contributed by atoms with Crippen molar-refractivity contribution in [2.75, 3.05) is 18.0 Å². The predicted molar refractivity (Wildman–Crippen MR) is 102 cm³/mol. The monoisotopic (exact) mass is 457 g/mol. The number of para-hydroxylation sites is 1. The lowest BCUT2D eigenvalue weighted by Gasteiger charge is -2.46. The fourth-order valence-electron chi connectivity index (χ4n) is 3.97. The van der Waals surface area contributed by atoms with Crippen LogP contribution in [0.5, 0.6) is 11.5 Å². The summed E-state index contributed by atoms with van der Waals surface area (Å²) in [5.74, 6) is -0.609. The van der Waals surface area contributed by atoms with Gasteiger partial charge in [0.05, 0.1) is 10.6 Å². The Balaban J connectivity index is 1.48. The van der Waals surface area contributed by atoms with Crippen LogP contribution in [0, 0.1) is 5.82 Å². The first-order valence-electron chi connectivity index (χ1n) is 9.02. The number of nitrogens with zero attached hydrogens (tertiary/aromatic N) is 1. The van der Waals surface area contributed by atoms with E-state index < -0.39 is 29.9 Å². The van der Waals surface area contributed by atoms with E-state index in [0.29, 0.717) is 43.8 Å². The molecule has 2 aromatic rings. The number of benzene rings is 2. The molecule has 1 atom stereocenters. The molecule has 8 heteroatoms. The summed E-state index contributed by atoms with van der Waals surface area (Å²) in [6.45, 7) is -1.87. The minimum Gasteiger partial charge on any atom is -0.485 e. The number of anilines is 1. The maximum atomic E-state index is 14.0. The molecule has 1 N–H and O–H groups in total. The van der Waals surface area contributed by atoms with Crippen LogP contribution in [-0.2, 0) is 0 Å². The number of halogens is 4. The van der Waals surface area contributed by atoms with Crippen molar-refractivity contribution in [3.8, 4) is 11.5 Å². The minimum absolute atomic E-state index is 0.465. The van der Waals surface area contributed by atoms with Crippen molar-refractivity contribution >= 4 is 21.6 Å². The van der Waals surface area contributed by atoms with E-state index in [0.717, 1.165) is 10.0 Å². The molecule has 0 amide bonds. The molecule has 0 saturated carbocycles. The van der Waals surface area contributed by atoms with Crippen LogP contribution in [-0.4, -0.2) is 30.4 Å². The Morgan fingerprint density at radius 1 is 1.21 bits per heavy atom. The first kappa shape index (κ1) is 19.4. The summed E-state index contributed by atoms with van der Waals surface area (Å²) in [7, 11) is 0. The Hall–Kier alpha value is -1.93. The van der Waals surface area contributed by atoms with Crippen molar-refractivity contribution in [1.29, 1.82) is 0 Å². The second-order valence-corrected chi connectivity index (χ2v) is 8.00. The predicted octanol–water partition coefficient (Wildman–Crippen LogP) is 5.04. The maximum absolute atomic E-state index is 14.0. The molecule has 28 heavy (non-hydrogen) atoms. The highest BCUT2D eigenvalue weighted by atomic mass is 79.9. The Bertz CT molecular complexity index is 872. The SMILES string of the molecule is OC1CC2(CCN(c3ccc(OC(F)F)c(F)c3)CC2)Oc2c(Br)cccc21. The first-order chi connectivity index (χ1) is 13.4. The number of alkyl halides is 2. The average molecular weight is 458 g/mol. The van der Waals surface area contributed by atoms with Crippen molar-refractivity contribution in [1.82, 2.24) is 0 Å². The molecule has 0 radical (unpaired) electrons. The molecule has 1 fully saturated rings. The molecule has 1 unspecified atom stereocenters. The lowest BCUT2D eigenvalue weighted by Crippen LogP contribution is -2.50. The summed E-state index contributed by atoms with van der Waals surface area (Å²) < 4.78 is 49.9. The molecule has 4 nitrogen and oxygen atoms in total. The second-order valence-electron chi connectivity index (χ2n) is 7.14. The lowest BCUT2D eigenvalue weighted by molar-refractivity contribution is -0.0522. The van der Waals surface area contributed by atoms with Crippen molar-refractivity contribution in [3.63, 3.8) is 0 Å². The van der Waals surface area contributed by atoms with Crippen LogP contribution in [0.15, 0.2) is 40.9 Å². The van der Waals surface area contributed by atoms with E-state index in [4.69, 9.17) is 4.74 Å². The van der Waals surface area contributed by atoms with E-state index in [-0.39, 0.29) is 0 Å². The summed E-state index contributed by atoms with van der Waals surface area (Å²) in [5.41, 5.74) is 0.898. The number of hydrogen-bond acceptors (Lipinski definition) is 4. The quantitative estimate of drug-likeness (QED) is 0.700. The number of ether oxygens (including phenoxy) is 2. The number of hydrogen-bond donors (Lipinski definition) is 1. The highest BCUT2D eigenvalue weighted by Gasteiger charge is 2.43. The van der Waals surface area contributed by atoms with Gasteiger partial charge in [0.25, 0.3) is 0 Å². The molecule has 150 valence electrons. The number of aliphatic hydroxyl groups excluding tert-OH is 1. The third-order valence-corrected chi connectivity index (χ3v) is 6.04. The summed E-state index contributed by atoms with van der Waals surface area (Å²) in [6, 6.07) is 9.60. The van der Waals surface area contributed by atoms with Gasteiger partial charge in [-0.1, -0.05) is 12.1 Å². The molecule has 0 aromatic heterocycles. The molecular weight excluding hydrogens is 439 g/mol. The van der Waals surface area contributed by atoms with Crippen LogP contribution in [0.2, 0.25) is 0 Å². The van der Waals surface area contributed by atoms with E-state index in [1.54, 1.807) is 6.07 Å². The standard InChI is InChI=1S/C20H19BrF3NO3/c21-14-3-1-2-13-16(26)11-20(28-18(13)14)6-8-25(9-7-20)12-4-5-17(15(22)10-12)27-19(23)24/h1-5,10,16,19,26H,6-9,11H2. The van der Waals surface area contributed by atoms with Crippen molar-refractivity contribution in [3.05, 3.63) is 52.3 Å². The molecule has 0 aliphatic carbocycles. The van der Waals surface area contributed by atoms with Gasteiger partial charge in [-0.05, 0) is 34.1 Å². The van der Waals surface area contributed by atoms with Crippen LogP contribution in [0.25, 0.3) is 0 Å². The van der Waals surface area contributed by atoms with Gasteiger partial charge in [-0.3, -0.25) is 0 Å². The zero-order valence-corrected chi connectivity index (χ0v) is 16.5. The van der Waals surface area contributed by atoms with Gasteiger partial charge >= 0.3 is 6.61 Å². The van der Waals surface area contributed by atoms with E-state index >= 15 is 0 Å². The summed E-state index contributed by atoms with van der Waals surface area (Å²) in [5, 5.41) is 10.6. The van der Waals surface area contributed by atoms with E-state index in [1.807, 2.05) is 23.1 Å². The van der Waals surface area contributed by atoms with Gasteiger partial charge in [-0.2, -0.15) is 8.78 Å². The van der Waals surface area contributed by atoms with Crippen LogP contribution in [0.4, 0.5) is 18.9 Å². The summed E-state index contributed by atoms with van der Waals surface area (Å²) in [6.07, 6.45) is 1.21. The molecule has 2 aromatic carbocycles. The number of piperidine rings is 1. The third-order valence-electron chi connectivity index (χ3n) is 5.41. The number of fused-ring (bicyclic) bond motifs is 1. The Morgan fingerprint density at radius 2 is 1.96 bits per heavy atom. The normalized spacial score (nSPS) is 20.8. The highest BCUT2D eigenvalue weighted by molar-refractivity contribution is 9.10. The van der Waals surface area contributed by atoms with E-state index in [9.17, 15) is 18.3 Å². The van der Waals surface area contributed by atoms with Gasteiger partial charge in [-0.25, -0.2) is 4.39 Å². The third kappa shape index (κ3) is 3.67. The minimum atomic E-state index is -3.06. The zero-order valence-electron chi connectivity index (χ0n) is 14.9. The van der Waals surface area contributed by atoms with Crippen molar-refractivity contribution in [2.45, 2.75) is 37.6 Å². The van der Waals surface area contributed by atoms with Gasteiger partial charge < -0.3 is 19.5 Å². The van der Waals surface area contributed by atoms with Gasteiger partial charge in [0, 0.05) is 49.7 Å². The number of rotatable bonds is 3. The summed E-state index contributed by atoms with van der Waals surface area (Å²) >= 11 is 3.49. The van der Waals surface area contributed by atoms with E-state index in [2.05, 4.69) is 20.7 Å². The Kier molecular flexibility index (Phi) is 5.18. The van der Waals surface area contributed by atoms with Crippen LogP contribution < -0.4 is 14.4 Å². The Labute approximate surface area is 169 Å². The molecule has 4 rings (SSSR count). The molecular formula is C20H19BrF3NO3. The van der Waals surface area contributed by atoms with Gasteiger partial charge in [-0.15, -0.1) is 0 Å². The van der Waals surface area contributed by atoms with Crippen molar-refractivity contribution in [2.24, 2.45) is 0 Å². The molecule has 2 aliphatic heterocycles. The maximum Gasteiger partial charge on any atom is 0.387 e. The van der Waals surface area contributed by atoms with Crippen LogP contribution in [0.3, 0.4) is 0 Å². The first-order valence-corrected chi connectivity index (χ1v) is 9.81. The fourth-order valence-corrected chi connectivity index (χ4v) is 4.44. The Morgan fingerprint density at radius 3 is 2.64 bits per heavy atom.